The molecule has 7 nitrogen and oxygen atoms in total. The Morgan fingerprint density at radius 1 is 1.23 bits per heavy atom. The number of hydrogen-bond acceptors (Lipinski definition) is 6. The predicted octanol–water partition coefficient (Wildman–Crippen LogP) is 3.90. The molecule has 0 saturated heterocycles. The van der Waals surface area contributed by atoms with Gasteiger partial charge in [0.15, 0.2) is 0 Å². The molecule has 0 spiro atoms. The van der Waals surface area contributed by atoms with Gasteiger partial charge in [-0.2, -0.15) is 0 Å². The predicted molar refractivity (Wildman–Crippen MR) is 112 cm³/mol. The summed E-state index contributed by atoms with van der Waals surface area (Å²) >= 11 is 0. The van der Waals surface area contributed by atoms with Crippen LogP contribution in [-0.2, 0) is 16.2 Å². The number of ether oxygens (including phenoxy) is 1. The molecule has 1 aliphatic rings. The van der Waals surface area contributed by atoms with Gasteiger partial charge in [0.2, 0.25) is 5.91 Å². The number of carbonyl (C=O) groups excluding carboxylic acids is 1. The molecule has 3 aromatic rings. The highest BCUT2D eigenvalue weighted by Crippen LogP contribution is 2.23. The lowest BCUT2D eigenvalue weighted by molar-refractivity contribution is -0.129. The van der Waals surface area contributed by atoms with Gasteiger partial charge in [-0.3, -0.25) is 15.0 Å². The molecule has 2 N–H and O–H groups in total. The average molecular weight is 405 g/mol. The number of aromatic nitrogens is 1. The Morgan fingerprint density at radius 3 is 2.83 bits per heavy atom. The Labute approximate surface area is 174 Å². The Balaban J connectivity index is 1.37. The molecule has 1 amide bonds. The normalized spacial score (nSPS) is 15.5. The van der Waals surface area contributed by atoms with Crippen LogP contribution in [0.2, 0.25) is 0 Å². The molecule has 30 heavy (non-hydrogen) atoms. The van der Waals surface area contributed by atoms with Crippen LogP contribution in [0.25, 0.3) is 10.9 Å². The van der Waals surface area contributed by atoms with E-state index in [0.29, 0.717) is 19.4 Å². The molecular weight excluding hydrogens is 382 g/mol. The van der Waals surface area contributed by atoms with Crippen molar-refractivity contribution in [3.05, 3.63) is 71.4 Å². The lowest BCUT2D eigenvalue weighted by Crippen LogP contribution is -2.20. The number of hydroxylamine groups is 1. The molecule has 0 aliphatic carbocycles. The van der Waals surface area contributed by atoms with E-state index in [1.807, 2.05) is 49.4 Å². The molecule has 1 aromatic heterocycles. The van der Waals surface area contributed by atoms with E-state index >= 15 is 0 Å². The molecule has 4 rings (SSSR count). The van der Waals surface area contributed by atoms with Crippen LogP contribution in [0.4, 0.5) is 0 Å². The molecule has 2 aromatic carbocycles. The maximum absolute atomic E-state index is 11.1. The van der Waals surface area contributed by atoms with Gasteiger partial charge >= 0.3 is 0 Å². The Hall–Kier alpha value is -3.45. The van der Waals surface area contributed by atoms with Gasteiger partial charge < -0.3 is 9.57 Å². The summed E-state index contributed by atoms with van der Waals surface area (Å²) in [6, 6.07) is 17.9. The van der Waals surface area contributed by atoms with Gasteiger partial charge in [0, 0.05) is 29.5 Å². The molecule has 1 atom stereocenters. The minimum Gasteiger partial charge on any atom is -0.489 e. The monoisotopic (exact) mass is 405 g/mol. The molecule has 1 aliphatic heterocycles. The number of benzene rings is 2. The van der Waals surface area contributed by atoms with E-state index in [-0.39, 0.29) is 12.5 Å². The van der Waals surface area contributed by atoms with E-state index < -0.39 is 5.91 Å². The van der Waals surface area contributed by atoms with Gasteiger partial charge in [0.05, 0.1) is 11.2 Å². The molecular formula is C23H23N3O4. The first-order chi connectivity index (χ1) is 14.6. The lowest BCUT2D eigenvalue weighted by Gasteiger charge is -2.10. The zero-order valence-electron chi connectivity index (χ0n) is 16.7. The zero-order valence-corrected chi connectivity index (χ0v) is 16.7. The summed E-state index contributed by atoms with van der Waals surface area (Å²) in [4.78, 5) is 21.1. The highest BCUT2D eigenvalue weighted by atomic mass is 16.6. The summed E-state index contributed by atoms with van der Waals surface area (Å²) in [6.07, 6.45) is 1.16. The van der Waals surface area contributed by atoms with E-state index in [4.69, 9.17) is 14.8 Å². The summed E-state index contributed by atoms with van der Waals surface area (Å²) in [6.45, 7) is 2.45. The number of pyridine rings is 1. The van der Waals surface area contributed by atoms with Crippen LogP contribution >= 0.6 is 0 Å². The molecule has 0 bridgehead atoms. The Morgan fingerprint density at radius 2 is 2.03 bits per heavy atom. The van der Waals surface area contributed by atoms with E-state index in [1.165, 1.54) is 0 Å². The number of amides is 1. The summed E-state index contributed by atoms with van der Waals surface area (Å²) in [5, 5.41) is 13.8. The van der Waals surface area contributed by atoms with Crippen molar-refractivity contribution in [1.29, 1.82) is 0 Å². The number of oxime groups is 1. The van der Waals surface area contributed by atoms with Gasteiger partial charge in [-0.25, -0.2) is 5.48 Å². The Kier molecular flexibility index (Phi) is 5.90. The van der Waals surface area contributed by atoms with Crippen LogP contribution in [0, 0.1) is 6.92 Å². The average Bonchev–Trinajstić information content (AvgIpc) is 3.25. The second-order valence-electron chi connectivity index (χ2n) is 7.30. The highest BCUT2D eigenvalue weighted by molar-refractivity contribution is 6.01. The fraction of sp³-hybridized carbons (Fsp3) is 0.261. The fourth-order valence-electron chi connectivity index (χ4n) is 3.52. The molecule has 2 heterocycles. The van der Waals surface area contributed by atoms with Crippen molar-refractivity contribution in [2.45, 2.75) is 38.9 Å². The highest BCUT2D eigenvalue weighted by Gasteiger charge is 2.22. The van der Waals surface area contributed by atoms with Crippen molar-refractivity contribution in [2.75, 3.05) is 0 Å². The van der Waals surface area contributed by atoms with E-state index in [0.717, 1.165) is 39.2 Å². The van der Waals surface area contributed by atoms with Crippen LogP contribution < -0.4 is 10.2 Å². The van der Waals surface area contributed by atoms with Gasteiger partial charge in [0.25, 0.3) is 0 Å². The van der Waals surface area contributed by atoms with Gasteiger partial charge in [0.1, 0.15) is 18.5 Å². The van der Waals surface area contributed by atoms with E-state index in [9.17, 15) is 4.79 Å². The van der Waals surface area contributed by atoms with Crippen molar-refractivity contribution < 1.29 is 19.6 Å². The third-order valence-electron chi connectivity index (χ3n) is 5.06. The van der Waals surface area contributed by atoms with Crippen molar-refractivity contribution in [2.24, 2.45) is 5.16 Å². The standard InChI is InChI=1S/C23H23N3O4/c1-15-12-17(20-4-2-3-5-21(20)24-15)14-29-18-8-6-16(7-9-18)22-13-19(30-26-22)10-11-23(27)25-28/h2-9,12,19,28H,10-11,13-14H2,1H3,(H,25,27). The van der Waals surface area contributed by atoms with Crippen molar-refractivity contribution in [1.82, 2.24) is 10.5 Å². The van der Waals surface area contributed by atoms with Crippen LogP contribution in [0.15, 0.2) is 59.8 Å². The summed E-state index contributed by atoms with van der Waals surface area (Å²) in [7, 11) is 0. The molecule has 7 heteroatoms. The molecule has 0 fully saturated rings. The number of fused-ring (bicyclic) bond motifs is 1. The summed E-state index contributed by atoms with van der Waals surface area (Å²) in [5.74, 6) is 0.346. The largest absolute Gasteiger partial charge is 0.489 e. The second kappa shape index (κ2) is 8.92. The fourth-order valence-corrected chi connectivity index (χ4v) is 3.52. The summed E-state index contributed by atoms with van der Waals surface area (Å²) < 4.78 is 6.00. The molecule has 0 saturated carbocycles. The first-order valence-corrected chi connectivity index (χ1v) is 9.86. The SMILES string of the molecule is Cc1cc(COc2ccc(C3=NOC(CCC(=O)NO)C3)cc2)c2ccccc2n1. The topological polar surface area (TPSA) is 93.0 Å². The Bertz CT molecular complexity index is 1080. The maximum Gasteiger partial charge on any atom is 0.243 e. The number of aryl methyl sites for hydroxylation is 1. The minimum absolute atomic E-state index is 0.156. The zero-order chi connectivity index (χ0) is 20.9. The number of hydrogen-bond donors (Lipinski definition) is 2. The smallest absolute Gasteiger partial charge is 0.243 e. The molecule has 154 valence electrons. The third-order valence-corrected chi connectivity index (χ3v) is 5.06. The minimum atomic E-state index is -0.425. The quantitative estimate of drug-likeness (QED) is 0.459. The second-order valence-corrected chi connectivity index (χ2v) is 7.30. The lowest BCUT2D eigenvalue weighted by atomic mass is 10.0. The number of nitrogens with zero attached hydrogens (tertiary/aromatic N) is 2. The van der Waals surface area contributed by atoms with Gasteiger partial charge in [-0.1, -0.05) is 23.4 Å². The first-order valence-electron chi connectivity index (χ1n) is 9.86. The van der Waals surface area contributed by atoms with E-state index in [2.05, 4.69) is 22.3 Å². The van der Waals surface area contributed by atoms with Crippen molar-refractivity contribution >= 4 is 22.5 Å². The molecule has 0 radical (unpaired) electrons. The maximum atomic E-state index is 11.1. The van der Waals surface area contributed by atoms with Crippen LogP contribution in [0.1, 0.15) is 36.1 Å². The van der Waals surface area contributed by atoms with Gasteiger partial charge in [-0.15, -0.1) is 0 Å². The van der Waals surface area contributed by atoms with Crippen LogP contribution in [-0.4, -0.2) is 27.9 Å². The van der Waals surface area contributed by atoms with E-state index in [1.54, 1.807) is 5.48 Å². The van der Waals surface area contributed by atoms with Gasteiger partial charge in [-0.05, 0) is 55.3 Å². The summed E-state index contributed by atoms with van der Waals surface area (Å²) in [5.41, 5.74) is 6.46. The number of nitrogens with one attached hydrogen (secondary N) is 1. The number of para-hydroxylation sites is 1. The van der Waals surface area contributed by atoms with Crippen LogP contribution in [0.3, 0.4) is 0 Å². The number of carbonyl (C=O) groups is 1. The van der Waals surface area contributed by atoms with Crippen molar-refractivity contribution in [3.63, 3.8) is 0 Å². The van der Waals surface area contributed by atoms with Crippen molar-refractivity contribution in [3.8, 4) is 5.75 Å². The van der Waals surface area contributed by atoms with Crippen LogP contribution in [0.5, 0.6) is 5.75 Å². The molecule has 1 unspecified atom stereocenters. The third kappa shape index (κ3) is 4.58. The number of rotatable bonds is 7. The first kappa shape index (κ1) is 19.8.